The van der Waals surface area contributed by atoms with Gasteiger partial charge in [0.25, 0.3) is 5.69 Å². The summed E-state index contributed by atoms with van der Waals surface area (Å²) in [7, 11) is 0. The summed E-state index contributed by atoms with van der Waals surface area (Å²) >= 11 is 0. The van der Waals surface area contributed by atoms with E-state index in [1.54, 1.807) is 6.07 Å². The van der Waals surface area contributed by atoms with Crippen LogP contribution in [0.2, 0.25) is 0 Å². The number of carbonyl (C=O) groups excluding carboxylic acids is 1. The van der Waals surface area contributed by atoms with Gasteiger partial charge in [-0.05, 0) is 12.1 Å². The molecule has 0 spiro atoms. The van der Waals surface area contributed by atoms with Gasteiger partial charge in [-0.25, -0.2) is 4.98 Å². The quantitative estimate of drug-likeness (QED) is 0.652. The van der Waals surface area contributed by atoms with E-state index in [4.69, 9.17) is 5.26 Å². The number of aromatic nitrogens is 1. The molecule has 0 saturated carbocycles. The number of non-ortho nitro benzene ring substituents is 1. The van der Waals surface area contributed by atoms with Crippen molar-refractivity contribution >= 4 is 28.2 Å². The second-order valence-electron chi connectivity index (χ2n) is 3.81. The number of nitrogens with one attached hydrogen (secondary N) is 1. The molecule has 7 heteroatoms. The number of rotatable bonds is 2. The SMILES string of the molecule is CC(=O)Nc1cc([N+](=O)[O-])cc2ccc(C#N)nc12. The van der Waals surface area contributed by atoms with Crippen molar-refractivity contribution in [3.8, 4) is 6.07 Å². The molecule has 19 heavy (non-hydrogen) atoms. The molecule has 0 atom stereocenters. The zero-order valence-corrected chi connectivity index (χ0v) is 9.88. The van der Waals surface area contributed by atoms with Gasteiger partial charge in [-0.1, -0.05) is 0 Å². The van der Waals surface area contributed by atoms with Crippen LogP contribution in [-0.4, -0.2) is 15.8 Å². The van der Waals surface area contributed by atoms with E-state index in [2.05, 4.69) is 10.3 Å². The number of hydrogen-bond acceptors (Lipinski definition) is 5. The number of benzene rings is 1. The zero-order chi connectivity index (χ0) is 14.0. The lowest BCUT2D eigenvalue weighted by molar-refractivity contribution is -0.384. The Kier molecular flexibility index (Phi) is 3.08. The highest BCUT2D eigenvalue weighted by molar-refractivity contribution is 6.00. The number of nitrogens with zero attached hydrogens (tertiary/aromatic N) is 3. The largest absolute Gasteiger partial charge is 0.324 e. The van der Waals surface area contributed by atoms with E-state index in [0.717, 1.165) is 0 Å². The van der Waals surface area contributed by atoms with Crippen LogP contribution in [0.25, 0.3) is 10.9 Å². The van der Waals surface area contributed by atoms with Crippen molar-refractivity contribution in [1.82, 2.24) is 4.98 Å². The van der Waals surface area contributed by atoms with Crippen LogP contribution in [0, 0.1) is 21.4 Å². The van der Waals surface area contributed by atoms with Crippen molar-refractivity contribution in [1.29, 1.82) is 5.26 Å². The molecule has 1 amide bonds. The van der Waals surface area contributed by atoms with Gasteiger partial charge in [0.1, 0.15) is 11.8 Å². The van der Waals surface area contributed by atoms with Gasteiger partial charge in [0, 0.05) is 24.4 Å². The Morgan fingerprint density at radius 1 is 1.47 bits per heavy atom. The van der Waals surface area contributed by atoms with Gasteiger partial charge in [-0.15, -0.1) is 0 Å². The summed E-state index contributed by atoms with van der Waals surface area (Å²) in [6.45, 7) is 1.29. The monoisotopic (exact) mass is 256 g/mol. The minimum atomic E-state index is -0.553. The molecule has 0 fully saturated rings. The van der Waals surface area contributed by atoms with E-state index >= 15 is 0 Å². The second kappa shape index (κ2) is 4.70. The molecule has 0 aliphatic heterocycles. The van der Waals surface area contributed by atoms with Gasteiger partial charge in [0.05, 0.1) is 16.1 Å². The third kappa shape index (κ3) is 2.47. The minimum absolute atomic E-state index is 0.150. The van der Waals surface area contributed by atoms with Crippen molar-refractivity contribution in [2.75, 3.05) is 5.32 Å². The zero-order valence-electron chi connectivity index (χ0n) is 9.88. The van der Waals surface area contributed by atoms with Crippen LogP contribution in [0.15, 0.2) is 24.3 Å². The Balaban J connectivity index is 2.74. The Hall–Kier alpha value is -3.01. The Labute approximate surface area is 107 Å². The molecule has 0 radical (unpaired) electrons. The predicted octanol–water partition coefficient (Wildman–Crippen LogP) is 1.97. The van der Waals surface area contributed by atoms with Crippen LogP contribution in [0.3, 0.4) is 0 Å². The molecule has 2 rings (SSSR count). The molecule has 1 heterocycles. The number of nitriles is 1. The number of nitro groups is 1. The summed E-state index contributed by atoms with van der Waals surface area (Å²) in [5.41, 5.74) is 0.587. The first-order valence-electron chi connectivity index (χ1n) is 5.28. The number of carbonyl (C=O) groups is 1. The third-order valence-electron chi connectivity index (χ3n) is 2.41. The average molecular weight is 256 g/mol. The molecule has 1 aromatic carbocycles. The number of pyridine rings is 1. The summed E-state index contributed by atoms with van der Waals surface area (Å²) in [6, 6.07) is 7.46. The average Bonchev–Trinajstić information content (AvgIpc) is 2.37. The van der Waals surface area contributed by atoms with Crippen LogP contribution in [-0.2, 0) is 4.79 Å². The first-order chi connectivity index (χ1) is 9.01. The van der Waals surface area contributed by atoms with Gasteiger partial charge < -0.3 is 5.32 Å². The van der Waals surface area contributed by atoms with Crippen molar-refractivity contribution in [2.45, 2.75) is 6.92 Å². The number of hydrogen-bond donors (Lipinski definition) is 1. The molecule has 0 aliphatic rings. The third-order valence-corrected chi connectivity index (χ3v) is 2.41. The van der Waals surface area contributed by atoms with Crippen molar-refractivity contribution in [3.63, 3.8) is 0 Å². The van der Waals surface area contributed by atoms with E-state index in [-0.39, 0.29) is 23.0 Å². The lowest BCUT2D eigenvalue weighted by atomic mass is 10.1. The first-order valence-corrected chi connectivity index (χ1v) is 5.28. The lowest BCUT2D eigenvalue weighted by Gasteiger charge is -2.06. The summed E-state index contributed by atoms with van der Waals surface area (Å²) in [5, 5.41) is 22.6. The van der Waals surface area contributed by atoms with Crippen LogP contribution in [0.4, 0.5) is 11.4 Å². The van der Waals surface area contributed by atoms with E-state index in [0.29, 0.717) is 10.9 Å². The van der Waals surface area contributed by atoms with E-state index < -0.39 is 4.92 Å². The highest BCUT2D eigenvalue weighted by Crippen LogP contribution is 2.28. The van der Waals surface area contributed by atoms with E-state index in [9.17, 15) is 14.9 Å². The number of fused-ring (bicyclic) bond motifs is 1. The molecule has 7 nitrogen and oxygen atoms in total. The highest BCUT2D eigenvalue weighted by atomic mass is 16.6. The molecule has 0 unspecified atom stereocenters. The van der Waals surface area contributed by atoms with Gasteiger partial charge in [-0.3, -0.25) is 14.9 Å². The Bertz CT molecular complexity index is 734. The molecule has 2 aromatic rings. The van der Waals surface area contributed by atoms with Crippen LogP contribution < -0.4 is 5.32 Å². The summed E-state index contributed by atoms with van der Waals surface area (Å²) in [4.78, 5) is 25.4. The van der Waals surface area contributed by atoms with E-state index in [1.165, 1.54) is 25.1 Å². The molecule has 1 aromatic heterocycles. The Morgan fingerprint density at radius 2 is 2.21 bits per heavy atom. The van der Waals surface area contributed by atoms with Crippen LogP contribution in [0.1, 0.15) is 12.6 Å². The normalized spacial score (nSPS) is 9.89. The van der Waals surface area contributed by atoms with Gasteiger partial charge in [0.15, 0.2) is 0 Å². The molecule has 0 aliphatic carbocycles. The van der Waals surface area contributed by atoms with E-state index in [1.807, 2.05) is 6.07 Å². The van der Waals surface area contributed by atoms with Crippen LogP contribution >= 0.6 is 0 Å². The maximum absolute atomic E-state index is 11.1. The molecular formula is C12H8N4O3. The Morgan fingerprint density at radius 3 is 2.79 bits per heavy atom. The number of nitro benzene ring substituents is 1. The fraction of sp³-hybridized carbons (Fsp3) is 0.0833. The maximum atomic E-state index is 11.1. The topological polar surface area (TPSA) is 109 Å². The second-order valence-corrected chi connectivity index (χ2v) is 3.81. The van der Waals surface area contributed by atoms with Gasteiger partial charge in [0.2, 0.25) is 5.91 Å². The summed E-state index contributed by atoms with van der Waals surface area (Å²) < 4.78 is 0. The number of anilines is 1. The molecule has 0 bridgehead atoms. The molecule has 0 saturated heterocycles. The fourth-order valence-corrected chi connectivity index (χ4v) is 1.67. The van der Waals surface area contributed by atoms with Gasteiger partial charge >= 0.3 is 0 Å². The maximum Gasteiger partial charge on any atom is 0.272 e. The minimum Gasteiger partial charge on any atom is -0.324 e. The predicted molar refractivity (Wildman–Crippen MR) is 67.4 cm³/mol. The summed E-state index contributed by atoms with van der Waals surface area (Å²) in [5.74, 6) is -0.369. The van der Waals surface area contributed by atoms with Crippen molar-refractivity contribution in [3.05, 3.63) is 40.1 Å². The standard InChI is InChI=1S/C12H8N4O3/c1-7(17)14-11-5-10(16(18)19)4-8-2-3-9(6-13)15-12(8)11/h2-5H,1H3,(H,14,17). The van der Waals surface area contributed by atoms with Gasteiger partial charge in [-0.2, -0.15) is 5.26 Å². The first kappa shape index (κ1) is 12.4. The van der Waals surface area contributed by atoms with Crippen LogP contribution in [0.5, 0.6) is 0 Å². The molecule has 94 valence electrons. The molecule has 1 N–H and O–H groups in total. The lowest BCUT2D eigenvalue weighted by Crippen LogP contribution is -2.07. The highest BCUT2D eigenvalue weighted by Gasteiger charge is 2.14. The van der Waals surface area contributed by atoms with Crippen molar-refractivity contribution in [2.24, 2.45) is 0 Å². The smallest absolute Gasteiger partial charge is 0.272 e. The van der Waals surface area contributed by atoms with Crippen molar-refractivity contribution < 1.29 is 9.72 Å². The molecular weight excluding hydrogens is 248 g/mol. The summed E-state index contributed by atoms with van der Waals surface area (Å²) in [6.07, 6.45) is 0. The fourth-order valence-electron chi connectivity index (χ4n) is 1.67. The number of amides is 1.